The highest BCUT2D eigenvalue weighted by Gasteiger charge is 2.11. The Labute approximate surface area is 103 Å². The number of hydrogen-bond acceptors (Lipinski definition) is 5. The highest BCUT2D eigenvalue weighted by molar-refractivity contribution is 5.97. The number of methoxy groups -OCH3 is 1. The molecule has 0 aliphatic rings. The quantitative estimate of drug-likeness (QED) is 0.711. The average molecular weight is 241 g/mol. The van der Waals surface area contributed by atoms with Crippen LogP contribution in [0.5, 0.6) is 5.75 Å². The molecule has 3 N–H and O–H groups in total. The monoisotopic (exact) mass is 241 g/mol. The molecular formula is C12H11N5O. The van der Waals surface area contributed by atoms with Gasteiger partial charge in [0, 0.05) is 17.1 Å². The number of rotatable bonds is 2. The number of aromatic nitrogens is 4. The fourth-order valence-corrected chi connectivity index (χ4v) is 1.96. The summed E-state index contributed by atoms with van der Waals surface area (Å²) >= 11 is 0. The number of H-pyrrole nitrogens is 1. The van der Waals surface area contributed by atoms with Crippen LogP contribution in [-0.2, 0) is 0 Å². The van der Waals surface area contributed by atoms with Crippen LogP contribution in [0.4, 0.5) is 5.95 Å². The minimum atomic E-state index is 0.157. The average Bonchev–Trinajstić information content (AvgIpc) is 2.82. The number of ether oxygens (including phenoxy) is 1. The third-order valence-electron chi connectivity index (χ3n) is 2.75. The molecule has 0 saturated carbocycles. The summed E-state index contributed by atoms with van der Waals surface area (Å²) in [4.78, 5) is 7.34. The number of benzene rings is 1. The van der Waals surface area contributed by atoms with Crippen molar-refractivity contribution < 1.29 is 4.74 Å². The minimum absolute atomic E-state index is 0.157. The normalized spacial score (nSPS) is 10.7. The first-order chi connectivity index (χ1) is 8.79. The predicted molar refractivity (Wildman–Crippen MR) is 68.1 cm³/mol. The number of aromatic amines is 1. The first kappa shape index (κ1) is 10.5. The number of hydrogen-bond donors (Lipinski definition) is 2. The SMILES string of the molecule is COc1cccc2c(-c3cnnc(N)n3)c[nH]c12. The van der Waals surface area contributed by atoms with Crippen LogP contribution >= 0.6 is 0 Å². The molecule has 0 saturated heterocycles. The Morgan fingerprint density at radius 3 is 3.00 bits per heavy atom. The van der Waals surface area contributed by atoms with Gasteiger partial charge in [-0.25, -0.2) is 4.98 Å². The number of fused-ring (bicyclic) bond motifs is 1. The number of nitrogens with two attached hydrogens (primary N) is 1. The summed E-state index contributed by atoms with van der Waals surface area (Å²) in [5.74, 6) is 0.943. The zero-order valence-corrected chi connectivity index (χ0v) is 9.71. The van der Waals surface area contributed by atoms with Gasteiger partial charge in [0.25, 0.3) is 0 Å². The van der Waals surface area contributed by atoms with Crippen molar-refractivity contribution in [3.8, 4) is 17.0 Å². The largest absolute Gasteiger partial charge is 0.495 e. The van der Waals surface area contributed by atoms with Crippen LogP contribution in [0.25, 0.3) is 22.2 Å². The van der Waals surface area contributed by atoms with Crippen molar-refractivity contribution in [1.82, 2.24) is 20.2 Å². The Morgan fingerprint density at radius 2 is 2.22 bits per heavy atom. The van der Waals surface area contributed by atoms with Gasteiger partial charge in [0.1, 0.15) is 5.75 Å². The van der Waals surface area contributed by atoms with Crippen LogP contribution in [0.15, 0.2) is 30.6 Å². The zero-order chi connectivity index (χ0) is 12.5. The van der Waals surface area contributed by atoms with Crippen molar-refractivity contribution >= 4 is 16.9 Å². The van der Waals surface area contributed by atoms with Crippen LogP contribution in [0.2, 0.25) is 0 Å². The number of nitrogens with one attached hydrogen (secondary N) is 1. The summed E-state index contributed by atoms with van der Waals surface area (Å²) in [6.45, 7) is 0. The van der Waals surface area contributed by atoms with E-state index in [0.29, 0.717) is 5.69 Å². The number of nitrogen functional groups attached to an aromatic ring is 1. The lowest BCUT2D eigenvalue weighted by atomic mass is 10.1. The molecule has 0 spiro atoms. The molecule has 0 aliphatic heterocycles. The summed E-state index contributed by atoms with van der Waals surface area (Å²) in [6, 6.07) is 5.81. The molecule has 0 bridgehead atoms. The maximum absolute atomic E-state index is 5.55. The Morgan fingerprint density at radius 1 is 1.33 bits per heavy atom. The van der Waals surface area contributed by atoms with E-state index in [9.17, 15) is 0 Å². The summed E-state index contributed by atoms with van der Waals surface area (Å²) < 4.78 is 5.30. The number of nitrogens with zero attached hydrogens (tertiary/aromatic N) is 3. The fraction of sp³-hybridized carbons (Fsp3) is 0.0833. The zero-order valence-electron chi connectivity index (χ0n) is 9.71. The molecule has 0 amide bonds. The third kappa shape index (κ3) is 1.55. The first-order valence-electron chi connectivity index (χ1n) is 5.39. The summed E-state index contributed by atoms with van der Waals surface area (Å²) in [5, 5.41) is 8.46. The van der Waals surface area contributed by atoms with E-state index in [1.165, 1.54) is 0 Å². The van der Waals surface area contributed by atoms with Gasteiger partial charge in [-0.1, -0.05) is 12.1 Å². The fourth-order valence-electron chi connectivity index (χ4n) is 1.96. The lowest BCUT2D eigenvalue weighted by Gasteiger charge is -2.02. The van der Waals surface area contributed by atoms with E-state index in [4.69, 9.17) is 10.5 Å². The predicted octanol–water partition coefficient (Wildman–Crippen LogP) is 1.61. The van der Waals surface area contributed by atoms with E-state index in [0.717, 1.165) is 22.2 Å². The van der Waals surface area contributed by atoms with Gasteiger partial charge >= 0.3 is 0 Å². The Bertz CT molecular complexity index is 707. The van der Waals surface area contributed by atoms with Gasteiger partial charge in [0.2, 0.25) is 5.95 Å². The minimum Gasteiger partial charge on any atom is -0.495 e. The summed E-state index contributed by atoms with van der Waals surface area (Å²) in [6.07, 6.45) is 3.44. The van der Waals surface area contributed by atoms with Gasteiger partial charge in [-0.05, 0) is 6.07 Å². The van der Waals surface area contributed by atoms with Gasteiger partial charge in [-0.3, -0.25) is 0 Å². The van der Waals surface area contributed by atoms with Crippen molar-refractivity contribution in [3.05, 3.63) is 30.6 Å². The van der Waals surface area contributed by atoms with Gasteiger partial charge in [-0.15, -0.1) is 5.10 Å². The maximum Gasteiger partial charge on any atom is 0.240 e. The molecule has 2 aromatic heterocycles. The molecule has 0 unspecified atom stereocenters. The van der Waals surface area contributed by atoms with Gasteiger partial charge < -0.3 is 15.5 Å². The molecule has 18 heavy (non-hydrogen) atoms. The molecular weight excluding hydrogens is 230 g/mol. The second-order valence-corrected chi connectivity index (χ2v) is 3.78. The second-order valence-electron chi connectivity index (χ2n) is 3.78. The Kier molecular flexibility index (Phi) is 2.33. The van der Waals surface area contributed by atoms with Crippen LogP contribution < -0.4 is 10.5 Å². The lowest BCUT2D eigenvalue weighted by molar-refractivity contribution is 0.419. The van der Waals surface area contributed by atoms with Crippen molar-refractivity contribution in [2.24, 2.45) is 0 Å². The van der Waals surface area contributed by atoms with Crippen LogP contribution in [0.3, 0.4) is 0 Å². The molecule has 0 radical (unpaired) electrons. The summed E-state index contributed by atoms with van der Waals surface area (Å²) in [7, 11) is 1.64. The van der Waals surface area contributed by atoms with Crippen molar-refractivity contribution in [3.63, 3.8) is 0 Å². The molecule has 6 nitrogen and oxygen atoms in total. The molecule has 3 rings (SSSR count). The van der Waals surface area contributed by atoms with Crippen molar-refractivity contribution in [2.75, 3.05) is 12.8 Å². The lowest BCUT2D eigenvalue weighted by Crippen LogP contribution is -1.97. The highest BCUT2D eigenvalue weighted by atomic mass is 16.5. The van der Waals surface area contributed by atoms with E-state index in [2.05, 4.69) is 20.2 Å². The number of para-hydroxylation sites is 1. The molecule has 2 heterocycles. The van der Waals surface area contributed by atoms with Gasteiger partial charge in [-0.2, -0.15) is 5.10 Å². The van der Waals surface area contributed by atoms with Crippen LogP contribution in [0, 0.1) is 0 Å². The highest BCUT2D eigenvalue weighted by Crippen LogP contribution is 2.31. The van der Waals surface area contributed by atoms with Crippen molar-refractivity contribution in [2.45, 2.75) is 0 Å². The number of anilines is 1. The van der Waals surface area contributed by atoms with Gasteiger partial charge in [0.15, 0.2) is 0 Å². The molecule has 0 atom stereocenters. The molecule has 0 fully saturated rings. The second kappa shape index (κ2) is 3.99. The van der Waals surface area contributed by atoms with E-state index in [1.807, 2.05) is 24.4 Å². The molecule has 0 aliphatic carbocycles. The van der Waals surface area contributed by atoms with E-state index < -0.39 is 0 Å². The van der Waals surface area contributed by atoms with E-state index in [-0.39, 0.29) is 5.95 Å². The van der Waals surface area contributed by atoms with Crippen LogP contribution in [0.1, 0.15) is 0 Å². The van der Waals surface area contributed by atoms with Gasteiger partial charge in [0.05, 0.1) is 24.5 Å². The molecule has 3 aromatic rings. The first-order valence-corrected chi connectivity index (χ1v) is 5.39. The standard InChI is InChI=1S/C12H11N5O/c1-18-10-4-2-3-7-8(5-14-11(7)10)9-6-15-17-12(13)16-9/h2-6,14H,1H3,(H2,13,16,17). The maximum atomic E-state index is 5.55. The summed E-state index contributed by atoms with van der Waals surface area (Å²) in [5.41, 5.74) is 8.07. The smallest absolute Gasteiger partial charge is 0.240 e. The van der Waals surface area contributed by atoms with Crippen molar-refractivity contribution in [1.29, 1.82) is 0 Å². The molecule has 6 heteroatoms. The van der Waals surface area contributed by atoms with E-state index >= 15 is 0 Å². The Hall–Kier alpha value is -2.63. The van der Waals surface area contributed by atoms with E-state index in [1.54, 1.807) is 13.3 Å². The third-order valence-corrected chi connectivity index (χ3v) is 2.75. The molecule has 90 valence electrons. The van der Waals surface area contributed by atoms with Crippen LogP contribution in [-0.4, -0.2) is 27.3 Å². The molecule has 1 aromatic carbocycles. The Balaban J connectivity index is 2.25. The topological polar surface area (TPSA) is 89.7 Å².